The van der Waals surface area contributed by atoms with Crippen molar-refractivity contribution in [3.8, 4) is 0 Å². The zero-order valence-corrected chi connectivity index (χ0v) is 9.73. The Morgan fingerprint density at radius 2 is 1.88 bits per heavy atom. The van der Waals surface area contributed by atoms with E-state index in [0.29, 0.717) is 13.0 Å². The van der Waals surface area contributed by atoms with Gasteiger partial charge in [0.25, 0.3) is 0 Å². The summed E-state index contributed by atoms with van der Waals surface area (Å²) in [5.41, 5.74) is 0. The molecule has 4 nitrogen and oxygen atoms in total. The smallest absolute Gasteiger partial charge is 0.330 e. The number of hydrogen-bond acceptors (Lipinski definition) is 4. The van der Waals surface area contributed by atoms with Gasteiger partial charge in [0, 0.05) is 6.08 Å². The van der Waals surface area contributed by atoms with Crippen LogP contribution < -0.4 is 0 Å². The number of esters is 1. The van der Waals surface area contributed by atoms with Crippen LogP contribution >= 0.6 is 0 Å². The molecule has 1 atom stereocenters. The summed E-state index contributed by atoms with van der Waals surface area (Å²) in [6.45, 7) is 3.60. The molecule has 16 heavy (non-hydrogen) atoms. The standard InChI is InChI=1S/C12H22O4/c1-2-12(15)16-9-7-5-3-4-6-8-11(14)10-13/h2,11,13-14H,1,3-10H2. The molecule has 0 amide bonds. The Balaban J connectivity index is 3.10. The number of unbranched alkanes of at least 4 members (excludes halogenated alkanes) is 4. The highest BCUT2D eigenvalue weighted by Gasteiger charge is 2.00. The summed E-state index contributed by atoms with van der Waals surface area (Å²) in [7, 11) is 0. The minimum absolute atomic E-state index is 0.155. The lowest BCUT2D eigenvalue weighted by Crippen LogP contribution is -2.11. The van der Waals surface area contributed by atoms with E-state index >= 15 is 0 Å². The van der Waals surface area contributed by atoms with Crippen LogP contribution in [0.1, 0.15) is 38.5 Å². The summed E-state index contributed by atoms with van der Waals surface area (Å²) in [6.07, 6.45) is 6.14. The van der Waals surface area contributed by atoms with Gasteiger partial charge in [-0.3, -0.25) is 0 Å². The van der Waals surface area contributed by atoms with Gasteiger partial charge in [0.1, 0.15) is 0 Å². The van der Waals surface area contributed by atoms with Crippen molar-refractivity contribution < 1.29 is 19.7 Å². The van der Waals surface area contributed by atoms with E-state index < -0.39 is 6.10 Å². The largest absolute Gasteiger partial charge is 0.463 e. The fourth-order valence-electron chi connectivity index (χ4n) is 1.34. The average Bonchev–Trinajstić information content (AvgIpc) is 2.31. The summed E-state index contributed by atoms with van der Waals surface area (Å²) in [5, 5.41) is 17.6. The normalized spacial score (nSPS) is 12.1. The average molecular weight is 230 g/mol. The number of aliphatic hydroxyl groups excluding tert-OH is 2. The van der Waals surface area contributed by atoms with Crippen molar-refractivity contribution in [1.82, 2.24) is 0 Å². The molecule has 0 spiro atoms. The molecular formula is C12H22O4. The van der Waals surface area contributed by atoms with E-state index in [1.54, 1.807) is 0 Å². The first-order valence-electron chi connectivity index (χ1n) is 5.78. The number of hydrogen-bond donors (Lipinski definition) is 2. The fourth-order valence-corrected chi connectivity index (χ4v) is 1.34. The van der Waals surface area contributed by atoms with Crippen LogP contribution in [0, 0.1) is 0 Å². The molecule has 0 aromatic heterocycles. The van der Waals surface area contributed by atoms with E-state index in [2.05, 4.69) is 6.58 Å². The molecule has 0 aliphatic carbocycles. The fraction of sp³-hybridized carbons (Fsp3) is 0.750. The second kappa shape index (κ2) is 10.6. The number of ether oxygens (including phenoxy) is 1. The van der Waals surface area contributed by atoms with Crippen molar-refractivity contribution in [3.63, 3.8) is 0 Å². The van der Waals surface area contributed by atoms with Gasteiger partial charge < -0.3 is 14.9 Å². The summed E-state index contributed by atoms with van der Waals surface area (Å²) in [6, 6.07) is 0. The van der Waals surface area contributed by atoms with Crippen LogP contribution in [-0.2, 0) is 9.53 Å². The Hall–Kier alpha value is -0.870. The highest BCUT2D eigenvalue weighted by molar-refractivity contribution is 5.81. The predicted octanol–water partition coefficient (Wildman–Crippen LogP) is 1.41. The van der Waals surface area contributed by atoms with Crippen molar-refractivity contribution in [2.45, 2.75) is 44.6 Å². The van der Waals surface area contributed by atoms with Crippen LogP contribution in [0.2, 0.25) is 0 Å². The molecule has 0 fully saturated rings. The van der Waals surface area contributed by atoms with Gasteiger partial charge in [-0.25, -0.2) is 4.79 Å². The van der Waals surface area contributed by atoms with E-state index in [1.807, 2.05) is 0 Å². The van der Waals surface area contributed by atoms with Gasteiger partial charge in [-0.05, 0) is 12.8 Å². The van der Waals surface area contributed by atoms with Gasteiger partial charge >= 0.3 is 5.97 Å². The number of carbonyl (C=O) groups is 1. The van der Waals surface area contributed by atoms with E-state index in [9.17, 15) is 4.79 Å². The molecular weight excluding hydrogens is 208 g/mol. The lowest BCUT2D eigenvalue weighted by atomic mass is 10.1. The van der Waals surface area contributed by atoms with Gasteiger partial charge in [0.2, 0.25) is 0 Å². The van der Waals surface area contributed by atoms with E-state index in [1.165, 1.54) is 0 Å². The maximum atomic E-state index is 10.7. The van der Waals surface area contributed by atoms with Crippen LogP contribution in [-0.4, -0.2) is 35.5 Å². The first-order valence-corrected chi connectivity index (χ1v) is 5.78. The topological polar surface area (TPSA) is 66.8 Å². The van der Waals surface area contributed by atoms with Crippen LogP contribution in [0.3, 0.4) is 0 Å². The molecule has 0 aromatic rings. The Morgan fingerprint density at radius 1 is 1.25 bits per heavy atom. The Morgan fingerprint density at radius 3 is 2.50 bits per heavy atom. The third-order valence-electron chi connectivity index (χ3n) is 2.30. The zero-order valence-electron chi connectivity index (χ0n) is 9.73. The zero-order chi connectivity index (χ0) is 12.2. The highest BCUT2D eigenvalue weighted by Crippen LogP contribution is 2.07. The number of rotatable bonds is 10. The molecule has 94 valence electrons. The van der Waals surface area contributed by atoms with Crippen molar-refractivity contribution in [2.75, 3.05) is 13.2 Å². The van der Waals surface area contributed by atoms with Gasteiger partial charge in [-0.1, -0.05) is 32.3 Å². The minimum Gasteiger partial charge on any atom is -0.463 e. The molecule has 0 heterocycles. The molecule has 0 saturated heterocycles. The number of carbonyl (C=O) groups excluding carboxylic acids is 1. The molecule has 0 radical (unpaired) electrons. The lowest BCUT2D eigenvalue weighted by molar-refractivity contribution is -0.137. The molecule has 2 N–H and O–H groups in total. The second-order valence-corrected chi connectivity index (χ2v) is 3.76. The lowest BCUT2D eigenvalue weighted by Gasteiger charge is -2.06. The van der Waals surface area contributed by atoms with Crippen LogP contribution in [0.5, 0.6) is 0 Å². The molecule has 0 saturated carbocycles. The summed E-state index contributed by atoms with van der Waals surface area (Å²) < 4.78 is 4.82. The molecule has 0 bridgehead atoms. The highest BCUT2D eigenvalue weighted by atomic mass is 16.5. The quantitative estimate of drug-likeness (QED) is 0.338. The van der Waals surface area contributed by atoms with Gasteiger partial charge in [-0.2, -0.15) is 0 Å². The molecule has 0 rings (SSSR count). The van der Waals surface area contributed by atoms with Gasteiger partial charge in [0.15, 0.2) is 0 Å². The third-order valence-corrected chi connectivity index (χ3v) is 2.30. The van der Waals surface area contributed by atoms with E-state index in [4.69, 9.17) is 14.9 Å². The number of aliphatic hydroxyl groups is 2. The monoisotopic (exact) mass is 230 g/mol. The van der Waals surface area contributed by atoms with Gasteiger partial charge in [0.05, 0.1) is 19.3 Å². The summed E-state index contributed by atoms with van der Waals surface area (Å²) in [4.78, 5) is 10.7. The van der Waals surface area contributed by atoms with Crippen LogP contribution in [0.15, 0.2) is 12.7 Å². The van der Waals surface area contributed by atoms with Crippen molar-refractivity contribution >= 4 is 5.97 Å². The first-order chi connectivity index (χ1) is 7.70. The SMILES string of the molecule is C=CC(=O)OCCCCCCCC(O)CO. The molecule has 0 aliphatic rings. The minimum atomic E-state index is -0.575. The van der Waals surface area contributed by atoms with E-state index in [-0.39, 0.29) is 12.6 Å². The summed E-state index contributed by atoms with van der Waals surface area (Å²) in [5.74, 6) is -0.369. The molecule has 0 aliphatic heterocycles. The molecule has 1 unspecified atom stereocenters. The van der Waals surface area contributed by atoms with Crippen LogP contribution in [0.4, 0.5) is 0 Å². The van der Waals surface area contributed by atoms with E-state index in [0.717, 1.165) is 38.2 Å². The third kappa shape index (κ3) is 9.68. The van der Waals surface area contributed by atoms with Gasteiger partial charge in [-0.15, -0.1) is 0 Å². The van der Waals surface area contributed by atoms with Crippen molar-refractivity contribution in [2.24, 2.45) is 0 Å². The maximum Gasteiger partial charge on any atom is 0.330 e. The van der Waals surface area contributed by atoms with Crippen LogP contribution in [0.25, 0.3) is 0 Å². The Kier molecular flexibility index (Phi) is 10.1. The first kappa shape index (κ1) is 15.1. The molecule has 0 aromatic carbocycles. The second-order valence-electron chi connectivity index (χ2n) is 3.76. The summed E-state index contributed by atoms with van der Waals surface area (Å²) >= 11 is 0. The maximum absolute atomic E-state index is 10.7. The van der Waals surface area contributed by atoms with Crippen molar-refractivity contribution in [3.05, 3.63) is 12.7 Å². The predicted molar refractivity (Wildman–Crippen MR) is 62.0 cm³/mol. The Labute approximate surface area is 96.9 Å². The van der Waals surface area contributed by atoms with Crippen molar-refractivity contribution in [1.29, 1.82) is 0 Å². The Bertz CT molecular complexity index is 191. The molecule has 4 heteroatoms.